The molecule has 0 amide bonds. The number of aromatic nitrogens is 3. The van der Waals surface area contributed by atoms with E-state index in [-0.39, 0.29) is 5.69 Å². The highest BCUT2D eigenvalue weighted by atomic mass is 16.4. The van der Waals surface area contributed by atoms with Crippen LogP contribution in [0.2, 0.25) is 0 Å². The molecule has 4 rings (SSSR count). The molecule has 2 aliphatic carbocycles. The summed E-state index contributed by atoms with van der Waals surface area (Å²) in [5.74, 6) is 0.221. The second-order valence-electron chi connectivity index (χ2n) is 4.94. The Morgan fingerprint density at radius 2 is 2.17 bits per heavy atom. The standard InChI is InChI=1S/C13H11N3O2/c17-13(18)11-10-6-7-5-9(7)12(10)16(15-11)8-1-3-14-4-2-8/h1-4,7,9H,5-6H2,(H,17,18)/t7-,9-/m1/s1. The summed E-state index contributed by atoms with van der Waals surface area (Å²) in [5, 5.41) is 13.5. The predicted molar refractivity (Wildman–Crippen MR) is 62.9 cm³/mol. The number of pyridine rings is 1. The average Bonchev–Trinajstić information content (AvgIpc) is 2.88. The van der Waals surface area contributed by atoms with Gasteiger partial charge in [-0.2, -0.15) is 5.10 Å². The van der Waals surface area contributed by atoms with Crippen molar-refractivity contribution >= 4 is 5.97 Å². The van der Waals surface area contributed by atoms with Gasteiger partial charge in [0, 0.05) is 23.9 Å². The van der Waals surface area contributed by atoms with Crippen molar-refractivity contribution in [1.29, 1.82) is 0 Å². The van der Waals surface area contributed by atoms with Gasteiger partial charge in [0.2, 0.25) is 0 Å². The first kappa shape index (κ1) is 9.82. The molecule has 90 valence electrons. The van der Waals surface area contributed by atoms with Crippen molar-refractivity contribution in [2.24, 2.45) is 5.92 Å². The first-order valence-electron chi connectivity index (χ1n) is 6.01. The molecule has 0 unspecified atom stereocenters. The number of carbonyl (C=O) groups is 1. The molecule has 0 spiro atoms. The number of hydrogen-bond acceptors (Lipinski definition) is 3. The highest BCUT2D eigenvalue weighted by Crippen LogP contribution is 2.57. The number of nitrogens with zero attached hydrogens (tertiary/aromatic N) is 3. The fourth-order valence-electron chi connectivity index (χ4n) is 2.97. The largest absolute Gasteiger partial charge is 0.476 e. The van der Waals surface area contributed by atoms with Gasteiger partial charge in [0.15, 0.2) is 5.69 Å². The number of hydrogen-bond donors (Lipinski definition) is 1. The molecule has 1 saturated carbocycles. The maximum absolute atomic E-state index is 11.2. The van der Waals surface area contributed by atoms with Gasteiger partial charge < -0.3 is 5.11 Å². The summed E-state index contributed by atoms with van der Waals surface area (Å²) in [6.45, 7) is 0. The van der Waals surface area contributed by atoms with E-state index in [0.717, 1.165) is 23.4 Å². The molecule has 2 heterocycles. The lowest BCUT2D eigenvalue weighted by Gasteiger charge is -2.05. The van der Waals surface area contributed by atoms with Crippen molar-refractivity contribution in [2.45, 2.75) is 18.8 Å². The molecule has 5 heteroatoms. The molecule has 1 N–H and O–H groups in total. The quantitative estimate of drug-likeness (QED) is 0.867. The van der Waals surface area contributed by atoms with Crippen LogP contribution in [0.4, 0.5) is 0 Å². The van der Waals surface area contributed by atoms with Crippen LogP contribution in [-0.2, 0) is 6.42 Å². The van der Waals surface area contributed by atoms with Gasteiger partial charge in [0.05, 0.1) is 11.4 Å². The van der Waals surface area contributed by atoms with E-state index in [9.17, 15) is 9.90 Å². The minimum absolute atomic E-state index is 0.217. The van der Waals surface area contributed by atoms with E-state index >= 15 is 0 Å². The minimum Gasteiger partial charge on any atom is -0.476 e. The Labute approximate surface area is 103 Å². The molecule has 5 nitrogen and oxygen atoms in total. The van der Waals surface area contributed by atoms with Crippen molar-refractivity contribution in [1.82, 2.24) is 14.8 Å². The summed E-state index contributed by atoms with van der Waals surface area (Å²) in [6, 6.07) is 3.71. The molecular weight excluding hydrogens is 230 g/mol. The Balaban J connectivity index is 1.94. The molecule has 0 radical (unpaired) electrons. The van der Waals surface area contributed by atoms with Gasteiger partial charge in [0.1, 0.15) is 0 Å². The third-order valence-electron chi connectivity index (χ3n) is 3.87. The van der Waals surface area contributed by atoms with Crippen LogP contribution in [-0.4, -0.2) is 25.8 Å². The van der Waals surface area contributed by atoms with Crippen LogP contribution >= 0.6 is 0 Å². The highest BCUT2D eigenvalue weighted by molar-refractivity contribution is 5.88. The topological polar surface area (TPSA) is 68.0 Å². The van der Waals surface area contributed by atoms with Gasteiger partial charge in [-0.3, -0.25) is 4.98 Å². The Morgan fingerprint density at radius 3 is 2.89 bits per heavy atom. The van der Waals surface area contributed by atoms with Crippen molar-refractivity contribution in [2.75, 3.05) is 0 Å². The van der Waals surface area contributed by atoms with E-state index in [2.05, 4.69) is 10.1 Å². The second-order valence-corrected chi connectivity index (χ2v) is 4.94. The lowest BCUT2D eigenvalue weighted by atomic mass is 10.1. The van der Waals surface area contributed by atoms with E-state index in [4.69, 9.17) is 0 Å². The first-order valence-corrected chi connectivity index (χ1v) is 6.01. The summed E-state index contributed by atoms with van der Waals surface area (Å²) < 4.78 is 1.79. The number of rotatable bonds is 2. The zero-order valence-electron chi connectivity index (χ0n) is 9.58. The molecule has 0 bridgehead atoms. The van der Waals surface area contributed by atoms with Crippen LogP contribution in [0, 0.1) is 5.92 Å². The first-order chi connectivity index (χ1) is 8.75. The van der Waals surface area contributed by atoms with Gasteiger partial charge in [-0.15, -0.1) is 0 Å². The Bertz CT molecular complexity index is 648. The SMILES string of the molecule is O=C(O)c1nn(-c2ccncc2)c2c1C[C@H]1C[C@@H]21. The normalized spacial score (nSPS) is 23.6. The fourth-order valence-corrected chi connectivity index (χ4v) is 2.97. The van der Waals surface area contributed by atoms with Crippen molar-refractivity contribution in [3.63, 3.8) is 0 Å². The number of carboxylic acids is 1. The highest BCUT2D eigenvalue weighted by Gasteiger charge is 2.50. The molecule has 2 aromatic rings. The summed E-state index contributed by atoms with van der Waals surface area (Å²) in [7, 11) is 0. The van der Waals surface area contributed by atoms with Gasteiger partial charge in [-0.1, -0.05) is 0 Å². The Hall–Kier alpha value is -2.17. The lowest BCUT2D eigenvalue weighted by molar-refractivity contribution is 0.0689. The van der Waals surface area contributed by atoms with Gasteiger partial charge >= 0.3 is 5.97 Å². The monoisotopic (exact) mass is 241 g/mol. The van der Waals surface area contributed by atoms with Crippen LogP contribution < -0.4 is 0 Å². The van der Waals surface area contributed by atoms with Crippen LogP contribution in [0.1, 0.15) is 34.1 Å². The van der Waals surface area contributed by atoms with E-state index in [1.165, 1.54) is 6.42 Å². The molecule has 0 aliphatic heterocycles. The van der Waals surface area contributed by atoms with Crippen molar-refractivity contribution < 1.29 is 9.90 Å². The van der Waals surface area contributed by atoms with Crippen LogP contribution in [0.15, 0.2) is 24.5 Å². The number of fused-ring (bicyclic) bond motifs is 3. The summed E-state index contributed by atoms with van der Waals surface area (Å²) in [4.78, 5) is 15.2. The zero-order chi connectivity index (χ0) is 12.3. The smallest absolute Gasteiger partial charge is 0.356 e. The third-order valence-corrected chi connectivity index (χ3v) is 3.87. The summed E-state index contributed by atoms with van der Waals surface area (Å²) in [5.41, 5.74) is 3.14. The van der Waals surface area contributed by atoms with E-state index in [1.807, 2.05) is 12.1 Å². The molecule has 2 aliphatic rings. The van der Waals surface area contributed by atoms with Gasteiger partial charge in [-0.05, 0) is 30.9 Å². The number of carboxylic acid groups (broad SMARTS) is 1. The minimum atomic E-state index is -0.930. The van der Waals surface area contributed by atoms with Crippen molar-refractivity contribution in [3.05, 3.63) is 41.5 Å². The van der Waals surface area contributed by atoms with Gasteiger partial charge in [0.25, 0.3) is 0 Å². The zero-order valence-corrected chi connectivity index (χ0v) is 9.58. The maximum Gasteiger partial charge on any atom is 0.356 e. The van der Waals surface area contributed by atoms with E-state index in [0.29, 0.717) is 11.8 Å². The summed E-state index contributed by atoms with van der Waals surface area (Å²) >= 11 is 0. The Morgan fingerprint density at radius 1 is 1.39 bits per heavy atom. The fraction of sp³-hybridized carbons (Fsp3) is 0.308. The van der Waals surface area contributed by atoms with E-state index < -0.39 is 5.97 Å². The van der Waals surface area contributed by atoms with Gasteiger partial charge in [-0.25, -0.2) is 9.48 Å². The molecule has 18 heavy (non-hydrogen) atoms. The van der Waals surface area contributed by atoms with Crippen LogP contribution in [0.25, 0.3) is 5.69 Å². The van der Waals surface area contributed by atoms with Crippen LogP contribution in [0.3, 0.4) is 0 Å². The number of aromatic carboxylic acids is 1. The molecule has 2 atom stereocenters. The predicted octanol–water partition coefficient (Wildman–Crippen LogP) is 1.63. The van der Waals surface area contributed by atoms with Crippen molar-refractivity contribution in [3.8, 4) is 5.69 Å². The molecule has 0 aromatic carbocycles. The Kier molecular flexibility index (Phi) is 1.74. The van der Waals surface area contributed by atoms with Crippen LogP contribution in [0.5, 0.6) is 0 Å². The molecule has 0 saturated heterocycles. The molecule has 1 fully saturated rings. The third kappa shape index (κ3) is 1.19. The summed E-state index contributed by atoms with van der Waals surface area (Å²) in [6.07, 6.45) is 5.43. The van der Waals surface area contributed by atoms with E-state index in [1.54, 1.807) is 17.1 Å². The lowest BCUT2D eigenvalue weighted by Crippen LogP contribution is -2.04. The molecule has 2 aromatic heterocycles. The second kappa shape index (κ2) is 3.19. The molecular formula is C13H11N3O2. The average molecular weight is 241 g/mol. The maximum atomic E-state index is 11.2.